The second-order valence-electron chi connectivity index (χ2n) is 8.23. The van der Waals surface area contributed by atoms with Gasteiger partial charge >= 0.3 is 5.97 Å². The topological polar surface area (TPSA) is 92.7 Å². The normalized spacial score (nSPS) is 12.7. The van der Waals surface area contributed by atoms with Gasteiger partial charge in [-0.25, -0.2) is 0 Å². The van der Waals surface area contributed by atoms with E-state index in [4.69, 9.17) is 33.5 Å². The average Bonchev–Trinajstić information content (AvgIpc) is 2.75. The Morgan fingerprint density at radius 3 is 1.53 bits per heavy atom. The third-order valence-electron chi connectivity index (χ3n) is 4.35. The predicted molar refractivity (Wildman–Crippen MR) is 121 cm³/mol. The molecule has 0 aliphatic heterocycles. The number of hydrogen-bond donors (Lipinski definition) is 1. The van der Waals surface area contributed by atoms with Gasteiger partial charge in [-0.1, -0.05) is 51.1 Å². The third-order valence-corrected chi connectivity index (χ3v) is 4.35. The lowest BCUT2D eigenvalue weighted by molar-refractivity contribution is -0.138. The third kappa shape index (κ3) is 15.3. The highest BCUT2D eigenvalue weighted by Gasteiger charge is 2.26. The zero-order valence-corrected chi connectivity index (χ0v) is 19.8. The second kappa shape index (κ2) is 17.9. The van der Waals surface area contributed by atoms with Gasteiger partial charge in [0.15, 0.2) is 0 Å². The first kappa shape index (κ1) is 28.5. The van der Waals surface area contributed by atoms with Crippen LogP contribution in [0.4, 0.5) is 0 Å². The predicted octanol–water partition coefficient (Wildman–Crippen LogP) is 3.35. The molecule has 0 aromatic heterocycles. The van der Waals surface area contributed by atoms with Crippen LogP contribution in [0, 0.1) is 5.41 Å². The van der Waals surface area contributed by atoms with Crippen LogP contribution in [-0.4, -0.2) is 83.8 Å². The van der Waals surface area contributed by atoms with Crippen molar-refractivity contribution in [2.24, 2.45) is 5.41 Å². The number of aliphatic carboxylic acids is 1. The molecular weight excluding hydrogens is 416 g/mol. The van der Waals surface area contributed by atoms with Crippen molar-refractivity contribution in [1.82, 2.24) is 0 Å². The van der Waals surface area contributed by atoms with Gasteiger partial charge in [-0.3, -0.25) is 4.79 Å². The maximum Gasteiger partial charge on any atom is 0.305 e. The van der Waals surface area contributed by atoms with E-state index in [2.05, 4.69) is 32.9 Å². The van der Waals surface area contributed by atoms with Crippen molar-refractivity contribution >= 4 is 5.97 Å². The molecule has 0 saturated carbocycles. The van der Waals surface area contributed by atoms with Crippen LogP contribution in [0.3, 0.4) is 0 Å². The van der Waals surface area contributed by atoms with Crippen LogP contribution in [0.15, 0.2) is 30.3 Å². The van der Waals surface area contributed by atoms with Crippen LogP contribution in [0.25, 0.3) is 0 Å². The molecule has 8 nitrogen and oxygen atoms in total. The van der Waals surface area contributed by atoms with E-state index in [1.807, 2.05) is 18.2 Å². The molecule has 1 aromatic rings. The van der Waals surface area contributed by atoms with Crippen LogP contribution in [0.1, 0.15) is 38.9 Å². The zero-order valence-electron chi connectivity index (χ0n) is 19.8. The summed E-state index contributed by atoms with van der Waals surface area (Å²) in [6, 6.07) is 10.3. The summed E-state index contributed by atoms with van der Waals surface area (Å²) in [5, 5.41) is 8.47. The molecule has 1 N–H and O–H groups in total. The molecule has 0 heterocycles. The van der Waals surface area contributed by atoms with Crippen LogP contribution in [0.2, 0.25) is 0 Å². The summed E-state index contributed by atoms with van der Waals surface area (Å²) < 4.78 is 33.0. The van der Waals surface area contributed by atoms with Crippen molar-refractivity contribution < 1.29 is 38.3 Å². The number of benzene rings is 1. The first-order valence-corrected chi connectivity index (χ1v) is 11.2. The van der Waals surface area contributed by atoms with Crippen molar-refractivity contribution in [1.29, 1.82) is 0 Å². The Hall–Kier alpha value is -1.55. The molecule has 0 aliphatic rings. The maximum atomic E-state index is 10.3. The molecule has 1 unspecified atom stereocenters. The van der Waals surface area contributed by atoms with E-state index >= 15 is 0 Å². The van der Waals surface area contributed by atoms with Crippen molar-refractivity contribution in [2.75, 3.05) is 72.7 Å². The molecule has 0 radical (unpaired) electrons. The van der Waals surface area contributed by atoms with Crippen molar-refractivity contribution in [3.8, 4) is 0 Å². The second-order valence-corrected chi connectivity index (χ2v) is 8.23. The van der Waals surface area contributed by atoms with Gasteiger partial charge in [0.25, 0.3) is 0 Å². The van der Waals surface area contributed by atoms with Gasteiger partial charge in [-0.15, -0.1) is 0 Å². The van der Waals surface area contributed by atoms with E-state index in [0.717, 1.165) is 0 Å². The highest BCUT2D eigenvalue weighted by Crippen LogP contribution is 2.35. The Morgan fingerprint density at radius 1 is 0.719 bits per heavy atom. The molecular formula is C24H40O8. The summed E-state index contributed by atoms with van der Waals surface area (Å²) in [5.41, 5.74) is 1.18. The highest BCUT2D eigenvalue weighted by atomic mass is 16.6. The van der Waals surface area contributed by atoms with Crippen LogP contribution in [-0.2, 0) is 33.2 Å². The molecule has 0 fully saturated rings. The summed E-state index contributed by atoms with van der Waals surface area (Å²) in [6.07, 6.45) is 0.0301. The lowest BCUT2D eigenvalue weighted by atomic mass is 9.84. The van der Waals surface area contributed by atoms with Gasteiger partial charge in [-0.2, -0.15) is 0 Å². The first-order valence-electron chi connectivity index (χ1n) is 11.2. The SMILES string of the molecule is CC(C)(C)C(OCCOCCOCCOCCOCCOCCC(=O)O)c1ccccc1. The van der Waals surface area contributed by atoms with E-state index in [9.17, 15) is 4.79 Å². The molecule has 32 heavy (non-hydrogen) atoms. The van der Waals surface area contributed by atoms with Gasteiger partial charge in [0.05, 0.1) is 85.2 Å². The lowest BCUT2D eigenvalue weighted by Crippen LogP contribution is -2.23. The Bertz CT molecular complexity index is 573. The fraction of sp³-hybridized carbons (Fsp3) is 0.708. The van der Waals surface area contributed by atoms with Crippen LogP contribution >= 0.6 is 0 Å². The Morgan fingerprint density at radius 2 is 1.12 bits per heavy atom. The maximum absolute atomic E-state index is 10.3. The number of carboxylic acids is 1. The van der Waals surface area contributed by atoms with Gasteiger partial charge in [-0.05, 0) is 11.0 Å². The molecule has 0 aliphatic carbocycles. The Kier molecular flexibility index (Phi) is 16.0. The quantitative estimate of drug-likeness (QED) is 0.299. The standard InChI is InChI=1S/C24H40O8/c1-24(2,3)23(21-7-5-4-6-8-21)32-20-19-31-18-17-30-16-15-29-14-13-28-12-11-27-10-9-22(25)26/h4-8,23H,9-20H2,1-3H3,(H,25,26). The number of hydrogen-bond acceptors (Lipinski definition) is 7. The number of ether oxygens (including phenoxy) is 6. The van der Waals surface area contributed by atoms with E-state index < -0.39 is 5.97 Å². The molecule has 1 aromatic carbocycles. The Labute approximate surface area is 192 Å². The largest absolute Gasteiger partial charge is 0.481 e. The average molecular weight is 457 g/mol. The van der Waals surface area contributed by atoms with E-state index in [1.54, 1.807) is 0 Å². The highest BCUT2D eigenvalue weighted by molar-refractivity contribution is 5.66. The fourth-order valence-electron chi connectivity index (χ4n) is 2.84. The van der Waals surface area contributed by atoms with Crippen molar-refractivity contribution in [3.63, 3.8) is 0 Å². The monoisotopic (exact) mass is 456 g/mol. The minimum Gasteiger partial charge on any atom is -0.481 e. The molecule has 1 rings (SSSR count). The van der Waals surface area contributed by atoms with Crippen molar-refractivity contribution in [3.05, 3.63) is 35.9 Å². The van der Waals surface area contributed by atoms with Crippen LogP contribution in [0.5, 0.6) is 0 Å². The van der Waals surface area contributed by atoms with Gasteiger partial charge in [0.1, 0.15) is 0 Å². The van der Waals surface area contributed by atoms with E-state index in [-0.39, 0.29) is 24.5 Å². The lowest BCUT2D eigenvalue weighted by Gasteiger charge is -2.31. The molecule has 0 bridgehead atoms. The number of rotatable bonds is 20. The van der Waals surface area contributed by atoms with Gasteiger partial charge in [0, 0.05) is 0 Å². The fourth-order valence-corrected chi connectivity index (χ4v) is 2.84. The molecule has 1 atom stereocenters. The number of carbonyl (C=O) groups is 1. The smallest absolute Gasteiger partial charge is 0.305 e. The molecule has 0 amide bonds. The van der Waals surface area contributed by atoms with Gasteiger partial charge in [0.2, 0.25) is 0 Å². The molecule has 184 valence electrons. The van der Waals surface area contributed by atoms with E-state index in [1.165, 1.54) is 5.56 Å². The molecule has 0 saturated heterocycles. The summed E-state index contributed by atoms with van der Waals surface area (Å²) in [4.78, 5) is 10.3. The Balaban J connectivity index is 1.88. The number of carboxylic acid groups (broad SMARTS) is 1. The molecule has 0 spiro atoms. The first-order chi connectivity index (χ1) is 15.4. The summed E-state index contributed by atoms with van der Waals surface area (Å²) in [6.45, 7) is 11.5. The summed E-state index contributed by atoms with van der Waals surface area (Å²) >= 11 is 0. The van der Waals surface area contributed by atoms with Gasteiger partial charge < -0.3 is 33.5 Å². The summed E-state index contributed by atoms with van der Waals surface area (Å²) in [7, 11) is 0. The van der Waals surface area contributed by atoms with Crippen LogP contribution < -0.4 is 0 Å². The molecule has 8 heteroatoms. The summed E-state index contributed by atoms with van der Waals surface area (Å²) in [5.74, 6) is -0.866. The minimum absolute atomic E-state index is 0.00519. The van der Waals surface area contributed by atoms with Crippen molar-refractivity contribution in [2.45, 2.75) is 33.3 Å². The zero-order chi connectivity index (χ0) is 23.5. The van der Waals surface area contributed by atoms with E-state index in [0.29, 0.717) is 66.1 Å². The minimum atomic E-state index is -0.866.